The van der Waals surface area contributed by atoms with Gasteiger partial charge in [0.25, 0.3) is 11.8 Å². The number of aromatic nitrogens is 2. The van der Waals surface area contributed by atoms with Crippen molar-refractivity contribution in [2.45, 2.75) is 84.2 Å². The smallest absolute Gasteiger partial charge is 0.287 e. The summed E-state index contributed by atoms with van der Waals surface area (Å²) in [5, 5.41) is 2.95. The molecule has 0 saturated carbocycles. The Hall–Kier alpha value is -1.85. The molecule has 2 aliphatic rings. The van der Waals surface area contributed by atoms with Crippen LogP contribution in [0.15, 0.2) is 0 Å². The zero-order valence-corrected chi connectivity index (χ0v) is 16.2. The number of carbonyl (C=O) groups excluding carboxylic acids is 2. The van der Waals surface area contributed by atoms with Gasteiger partial charge < -0.3 is 14.8 Å². The van der Waals surface area contributed by atoms with Crippen molar-refractivity contribution < 1.29 is 9.59 Å². The van der Waals surface area contributed by atoms with Crippen LogP contribution in [-0.2, 0) is 13.0 Å². The highest BCUT2D eigenvalue weighted by Crippen LogP contribution is 2.26. The summed E-state index contributed by atoms with van der Waals surface area (Å²) in [6.07, 6.45) is 9.22. The third kappa shape index (κ3) is 3.79. The van der Waals surface area contributed by atoms with E-state index in [-0.39, 0.29) is 11.8 Å². The number of imidazole rings is 1. The third-order valence-corrected chi connectivity index (χ3v) is 5.70. The second-order valence-electron chi connectivity index (χ2n) is 7.51. The number of rotatable bonds is 6. The molecule has 6 nitrogen and oxygen atoms in total. The molecule has 0 aromatic carbocycles. The molecule has 0 bridgehead atoms. The summed E-state index contributed by atoms with van der Waals surface area (Å²) >= 11 is 0. The number of piperidine rings is 1. The minimum absolute atomic E-state index is 0.0230. The Bertz CT molecular complexity index is 652. The highest BCUT2D eigenvalue weighted by Gasteiger charge is 2.33. The van der Waals surface area contributed by atoms with E-state index in [1.54, 1.807) is 0 Å². The number of hydrogen-bond donors (Lipinski definition) is 1. The van der Waals surface area contributed by atoms with Gasteiger partial charge in [-0.2, -0.15) is 0 Å². The van der Waals surface area contributed by atoms with E-state index in [1.807, 2.05) is 9.47 Å². The van der Waals surface area contributed by atoms with E-state index in [0.29, 0.717) is 24.1 Å². The van der Waals surface area contributed by atoms with Gasteiger partial charge in [0.1, 0.15) is 5.69 Å². The predicted octanol–water partition coefficient (Wildman–Crippen LogP) is 3.15. The van der Waals surface area contributed by atoms with Crippen LogP contribution in [0.3, 0.4) is 0 Å². The summed E-state index contributed by atoms with van der Waals surface area (Å²) in [6.45, 7) is 6.49. The van der Waals surface area contributed by atoms with Crippen LogP contribution in [0.4, 0.5) is 0 Å². The normalized spacial score (nSPS) is 19.9. The van der Waals surface area contributed by atoms with Crippen LogP contribution < -0.4 is 5.32 Å². The topological polar surface area (TPSA) is 67.2 Å². The number of unbranched alkanes of at least 4 members (excludes halogenated alkanes) is 1. The minimum atomic E-state index is -0.147. The summed E-state index contributed by atoms with van der Waals surface area (Å²) < 4.78 is 1.99. The number of hydrogen-bond acceptors (Lipinski definition) is 3. The molecule has 1 N–H and O–H groups in total. The molecule has 0 radical (unpaired) electrons. The van der Waals surface area contributed by atoms with Gasteiger partial charge in [0.05, 0.1) is 5.69 Å². The average Bonchev–Trinajstić information content (AvgIpc) is 3.07. The van der Waals surface area contributed by atoms with Gasteiger partial charge in [-0.15, -0.1) is 0 Å². The van der Waals surface area contributed by atoms with Crippen molar-refractivity contribution in [2.75, 3.05) is 13.1 Å². The molecule has 1 saturated heterocycles. The van der Waals surface area contributed by atoms with E-state index >= 15 is 0 Å². The average molecular weight is 361 g/mol. The lowest BCUT2D eigenvalue weighted by Gasteiger charge is -2.35. The van der Waals surface area contributed by atoms with Gasteiger partial charge in [0.2, 0.25) is 0 Å². The Morgan fingerprint density at radius 1 is 1.15 bits per heavy atom. The molecule has 6 heteroatoms. The van der Waals surface area contributed by atoms with Crippen molar-refractivity contribution in [3.05, 3.63) is 17.2 Å². The van der Waals surface area contributed by atoms with E-state index in [0.717, 1.165) is 70.2 Å². The highest BCUT2D eigenvalue weighted by molar-refractivity contribution is 5.97. The van der Waals surface area contributed by atoms with Gasteiger partial charge >= 0.3 is 0 Å². The van der Waals surface area contributed by atoms with Gasteiger partial charge in [-0.05, 0) is 51.4 Å². The molecule has 144 valence electrons. The van der Waals surface area contributed by atoms with Crippen LogP contribution in [0.2, 0.25) is 0 Å². The molecule has 1 aromatic rings. The third-order valence-electron chi connectivity index (χ3n) is 5.70. The zero-order chi connectivity index (χ0) is 18.5. The fraction of sp³-hybridized carbons (Fsp3) is 0.750. The van der Waals surface area contributed by atoms with Crippen molar-refractivity contribution in [1.29, 1.82) is 0 Å². The maximum absolute atomic E-state index is 13.3. The summed E-state index contributed by atoms with van der Waals surface area (Å²) in [5.74, 6) is 0.297. The second kappa shape index (κ2) is 8.69. The number of likely N-dealkylation sites (tertiary alicyclic amines) is 1. The van der Waals surface area contributed by atoms with Crippen LogP contribution in [-0.4, -0.2) is 45.4 Å². The number of amides is 2. The molecule has 2 aliphatic heterocycles. The van der Waals surface area contributed by atoms with Crippen molar-refractivity contribution in [1.82, 2.24) is 19.8 Å². The second-order valence-corrected chi connectivity index (χ2v) is 7.51. The molecule has 3 rings (SSSR count). The molecular formula is C20H32N4O2. The van der Waals surface area contributed by atoms with Gasteiger partial charge in [-0.1, -0.05) is 20.3 Å². The minimum Gasteiger partial charge on any atom is -0.349 e. The number of nitrogens with zero attached hydrogens (tertiary/aromatic N) is 3. The van der Waals surface area contributed by atoms with Crippen molar-refractivity contribution in [2.24, 2.45) is 0 Å². The molecule has 0 aliphatic carbocycles. The Morgan fingerprint density at radius 2 is 1.96 bits per heavy atom. The largest absolute Gasteiger partial charge is 0.349 e. The first-order chi connectivity index (χ1) is 12.7. The highest BCUT2D eigenvalue weighted by atomic mass is 16.2. The van der Waals surface area contributed by atoms with E-state index < -0.39 is 0 Å². The van der Waals surface area contributed by atoms with E-state index in [9.17, 15) is 9.59 Å². The molecule has 1 aromatic heterocycles. The summed E-state index contributed by atoms with van der Waals surface area (Å²) in [7, 11) is 0. The lowest BCUT2D eigenvalue weighted by Crippen LogP contribution is -2.44. The fourth-order valence-corrected chi connectivity index (χ4v) is 4.17. The van der Waals surface area contributed by atoms with Crippen LogP contribution in [0.1, 0.15) is 92.0 Å². The van der Waals surface area contributed by atoms with Crippen LogP contribution in [0, 0.1) is 0 Å². The standard InChI is InChI=1S/C20H32N4O2/c1-3-5-12-21-19(25)18-22-17(16-11-7-9-14-24(16)18)20(26)23-13-8-6-10-15(23)4-2/h15H,3-14H2,1-2H3,(H,21,25). The first-order valence-electron chi connectivity index (χ1n) is 10.4. The molecule has 1 fully saturated rings. The van der Waals surface area contributed by atoms with Crippen LogP contribution >= 0.6 is 0 Å². The number of fused-ring (bicyclic) bond motifs is 1. The molecule has 2 amide bonds. The molecular weight excluding hydrogens is 328 g/mol. The van der Waals surface area contributed by atoms with Crippen LogP contribution in [0.25, 0.3) is 0 Å². The Balaban J connectivity index is 1.87. The predicted molar refractivity (Wildman–Crippen MR) is 101 cm³/mol. The summed E-state index contributed by atoms with van der Waals surface area (Å²) in [6, 6.07) is 0.305. The van der Waals surface area contributed by atoms with Crippen LogP contribution in [0.5, 0.6) is 0 Å². The zero-order valence-electron chi connectivity index (χ0n) is 16.2. The van der Waals surface area contributed by atoms with Gasteiger partial charge in [-0.3, -0.25) is 9.59 Å². The Morgan fingerprint density at radius 3 is 2.73 bits per heavy atom. The van der Waals surface area contributed by atoms with E-state index in [2.05, 4.69) is 24.1 Å². The Kier molecular flexibility index (Phi) is 6.33. The SMILES string of the molecule is CCCCNC(=O)c1nc(C(=O)N2CCCCC2CC)c2n1CCCC2. The number of carbonyl (C=O) groups is 2. The maximum atomic E-state index is 13.3. The lowest BCUT2D eigenvalue weighted by atomic mass is 9.99. The van der Waals surface area contributed by atoms with Gasteiger partial charge in [0.15, 0.2) is 5.82 Å². The van der Waals surface area contributed by atoms with Crippen molar-refractivity contribution in [3.63, 3.8) is 0 Å². The first kappa shape index (κ1) is 18.9. The monoisotopic (exact) mass is 360 g/mol. The maximum Gasteiger partial charge on any atom is 0.287 e. The number of nitrogens with one attached hydrogen (secondary N) is 1. The van der Waals surface area contributed by atoms with Crippen molar-refractivity contribution in [3.8, 4) is 0 Å². The molecule has 1 atom stereocenters. The first-order valence-corrected chi connectivity index (χ1v) is 10.4. The fourth-order valence-electron chi connectivity index (χ4n) is 4.17. The van der Waals surface area contributed by atoms with Crippen molar-refractivity contribution >= 4 is 11.8 Å². The van der Waals surface area contributed by atoms with Gasteiger partial charge in [-0.25, -0.2) is 4.98 Å². The summed E-state index contributed by atoms with van der Waals surface area (Å²) in [5.41, 5.74) is 1.48. The molecule has 26 heavy (non-hydrogen) atoms. The summed E-state index contributed by atoms with van der Waals surface area (Å²) in [4.78, 5) is 32.4. The molecule has 0 spiro atoms. The molecule has 3 heterocycles. The van der Waals surface area contributed by atoms with Gasteiger partial charge in [0, 0.05) is 25.7 Å². The molecule has 1 unspecified atom stereocenters. The Labute approximate surface area is 156 Å². The lowest BCUT2D eigenvalue weighted by molar-refractivity contribution is 0.0600. The quantitative estimate of drug-likeness (QED) is 0.793. The van der Waals surface area contributed by atoms with E-state index in [4.69, 9.17) is 0 Å². The van der Waals surface area contributed by atoms with E-state index in [1.165, 1.54) is 6.42 Å².